The summed E-state index contributed by atoms with van der Waals surface area (Å²) in [4.78, 5) is 14.1. The molecule has 1 aliphatic heterocycles. The van der Waals surface area contributed by atoms with Gasteiger partial charge in [-0.25, -0.2) is 4.68 Å². The first kappa shape index (κ1) is 13.1. The highest BCUT2D eigenvalue weighted by molar-refractivity contribution is 6.30. The molecule has 0 unspecified atom stereocenters. The molecule has 1 amide bonds. The summed E-state index contributed by atoms with van der Waals surface area (Å²) in [5.74, 6) is -0.0220. The Morgan fingerprint density at radius 2 is 2.30 bits per heavy atom. The number of aromatic nitrogens is 2. The SMILES string of the molecule is N[C@@H]1CCN(C(=O)c2cnn(-c3cccc(Cl)c3)c2)C1. The molecule has 3 rings (SSSR count). The summed E-state index contributed by atoms with van der Waals surface area (Å²) >= 11 is 5.95. The predicted molar refractivity (Wildman–Crippen MR) is 77.1 cm³/mol. The highest BCUT2D eigenvalue weighted by atomic mass is 35.5. The molecule has 1 atom stereocenters. The first-order valence-electron chi connectivity index (χ1n) is 6.49. The number of nitrogens with two attached hydrogens (primary N) is 1. The topological polar surface area (TPSA) is 64.2 Å². The molecule has 1 fully saturated rings. The van der Waals surface area contributed by atoms with Gasteiger partial charge in [0, 0.05) is 30.4 Å². The van der Waals surface area contributed by atoms with Crippen LogP contribution in [0.5, 0.6) is 0 Å². The summed E-state index contributed by atoms with van der Waals surface area (Å²) in [6, 6.07) is 7.42. The van der Waals surface area contributed by atoms with Crippen LogP contribution < -0.4 is 5.73 Å². The van der Waals surface area contributed by atoms with Crippen LogP contribution >= 0.6 is 11.6 Å². The van der Waals surface area contributed by atoms with E-state index in [1.165, 1.54) is 0 Å². The van der Waals surface area contributed by atoms with Crippen LogP contribution in [0.15, 0.2) is 36.7 Å². The van der Waals surface area contributed by atoms with Gasteiger partial charge in [-0.1, -0.05) is 17.7 Å². The van der Waals surface area contributed by atoms with Crippen molar-refractivity contribution in [3.8, 4) is 5.69 Å². The molecular formula is C14H15ClN4O. The molecule has 1 saturated heterocycles. The Kier molecular flexibility index (Phi) is 3.46. The lowest BCUT2D eigenvalue weighted by atomic mass is 10.3. The van der Waals surface area contributed by atoms with Crippen molar-refractivity contribution in [3.05, 3.63) is 47.2 Å². The number of carbonyl (C=O) groups is 1. The zero-order valence-corrected chi connectivity index (χ0v) is 11.6. The lowest BCUT2D eigenvalue weighted by molar-refractivity contribution is 0.0791. The van der Waals surface area contributed by atoms with Crippen LogP contribution in [-0.2, 0) is 0 Å². The van der Waals surface area contributed by atoms with Crippen LogP contribution in [0.3, 0.4) is 0 Å². The maximum Gasteiger partial charge on any atom is 0.257 e. The fourth-order valence-corrected chi connectivity index (χ4v) is 2.53. The summed E-state index contributed by atoms with van der Waals surface area (Å²) in [7, 11) is 0. The number of benzene rings is 1. The van der Waals surface area contributed by atoms with Crippen molar-refractivity contribution in [1.82, 2.24) is 14.7 Å². The van der Waals surface area contributed by atoms with Crippen LogP contribution in [0.2, 0.25) is 5.02 Å². The Labute approximate surface area is 121 Å². The Hall–Kier alpha value is -1.85. The Morgan fingerprint density at radius 1 is 1.45 bits per heavy atom. The molecule has 2 aromatic rings. The van der Waals surface area contributed by atoms with E-state index in [0.717, 1.165) is 12.1 Å². The Morgan fingerprint density at radius 3 is 3.00 bits per heavy atom. The van der Waals surface area contributed by atoms with Crippen molar-refractivity contribution in [3.63, 3.8) is 0 Å². The number of carbonyl (C=O) groups excluding carboxylic acids is 1. The molecule has 0 radical (unpaired) electrons. The second-order valence-corrected chi connectivity index (χ2v) is 5.39. The maximum absolute atomic E-state index is 12.3. The van der Waals surface area contributed by atoms with Crippen molar-refractivity contribution >= 4 is 17.5 Å². The van der Waals surface area contributed by atoms with Gasteiger partial charge >= 0.3 is 0 Å². The molecule has 2 N–H and O–H groups in total. The minimum absolute atomic E-state index is 0.0220. The Bertz CT molecular complexity index is 640. The molecule has 0 saturated carbocycles. The van der Waals surface area contributed by atoms with Crippen molar-refractivity contribution in [2.24, 2.45) is 5.73 Å². The normalized spacial score (nSPS) is 18.5. The number of hydrogen-bond donors (Lipinski definition) is 1. The number of halogens is 1. The van der Waals surface area contributed by atoms with E-state index < -0.39 is 0 Å². The van der Waals surface area contributed by atoms with Gasteiger partial charge < -0.3 is 10.6 Å². The maximum atomic E-state index is 12.3. The first-order chi connectivity index (χ1) is 9.63. The minimum Gasteiger partial charge on any atom is -0.337 e. The average molecular weight is 291 g/mol. The third-order valence-electron chi connectivity index (χ3n) is 3.41. The van der Waals surface area contributed by atoms with Crippen LogP contribution in [0, 0.1) is 0 Å². The largest absolute Gasteiger partial charge is 0.337 e. The molecule has 2 heterocycles. The summed E-state index contributed by atoms with van der Waals surface area (Å²) in [5, 5.41) is 4.85. The molecule has 0 spiro atoms. The Balaban J connectivity index is 1.81. The van der Waals surface area contributed by atoms with Gasteiger partial charge in [-0.3, -0.25) is 4.79 Å². The number of amides is 1. The molecule has 6 heteroatoms. The van der Waals surface area contributed by atoms with Gasteiger partial charge in [-0.2, -0.15) is 5.10 Å². The molecule has 1 aromatic heterocycles. The summed E-state index contributed by atoms with van der Waals surface area (Å²) in [6.45, 7) is 1.32. The zero-order valence-electron chi connectivity index (χ0n) is 10.9. The monoisotopic (exact) mass is 290 g/mol. The van der Waals surface area contributed by atoms with Gasteiger partial charge in [0.15, 0.2) is 0 Å². The van der Waals surface area contributed by atoms with E-state index in [0.29, 0.717) is 23.7 Å². The van der Waals surface area contributed by atoms with Gasteiger partial charge in [0.1, 0.15) is 0 Å². The number of nitrogens with zero attached hydrogens (tertiary/aromatic N) is 3. The van der Waals surface area contributed by atoms with Crippen LogP contribution in [0.25, 0.3) is 5.69 Å². The van der Waals surface area contributed by atoms with Crippen LogP contribution in [-0.4, -0.2) is 39.7 Å². The van der Waals surface area contributed by atoms with Crippen LogP contribution in [0.1, 0.15) is 16.8 Å². The lowest BCUT2D eigenvalue weighted by Crippen LogP contribution is -2.31. The number of hydrogen-bond acceptors (Lipinski definition) is 3. The second kappa shape index (κ2) is 5.26. The second-order valence-electron chi connectivity index (χ2n) is 4.95. The third-order valence-corrected chi connectivity index (χ3v) is 3.65. The van der Waals surface area contributed by atoms with E-state index in [1.807, 2.05) is 12.1 Å². The average Bonchev–Trinajstić information content (AvgIpc) is 3.07. The summed E-state index contributed by atoms with van der Waals surface area (Å²) in [6.07, 6.45) is 4.15. The lowest BCUT2D eigenvalue weighted by Gasteiger charge is -2.14. The highest BCUT2D eigenvalue weighted by Gasteiger charge is 2.25. The van der Waals surface area contributed by atoms with E-state index >= 15 is 0 Å². The molecule has 20 heavy (non-hydrogen) atoms. The minimum atomic E-state index is -0.0220. The quantitative estimate of drug-likeness (QED) is 0.915. The molecule has 104 valence electrons. The van der Waals surface area contributed by atoms with Crippen molar-refractivity contribution in [2.75, 3.05) is 13.1 Å². The van der Waals surface area contributed by atoms with Gasteiger partial charge in [0.2, 0.25) is 0 Å². The molecule has 1 aliphatic rings. The van der Waals surface area contributed by atoms with Crippen LogP contribution in [0.4, 0.5) is 0 Å². The fraction of sp³-hybridized carbons (Fsp3) is 0.286. The van der Waals surface area contributed by atoms with E-state index in [-0.39, 0.29) is 11.9 Å². The van der Waals surface area contributed by atoms with Gasteiger partial charge in [0.25, 0.3) is 5.91 Å². The molecule has 0 bridgehead atoms. The molecule has 5 nitrogen and oxygen atoms in total. The van der Waals surface area contributed by atoms with E-state index in [2.05, 4.69) is 5.10 Å². The predicted octanol–water partition coefficient (Wildman–Crippen LogP) is 1.70. The first-order valence-corrected chi connectivity index (χ1v) is 6.87. The summed E-state index contributed by atoms with van der Waals surface area (Å²) < 4.78 is 1.65. The molecular weight excluding hydrogens is 276 g/mol. The van der Waals surface area contributed by atoms with Crippen molar-refractivity contribution in [1.29, 1.82) is 0 Å². The number of likely N-dealkylation sites (tertiary alicyclic amines) is 1. The van der Waals surface area contributed by atoms with E-state index in [9.17, 15) is 4.79 Å². The molecule has 1 aromatic carbocycles. The van der Waals surface area contributed by atoms with Crippen molar-refractivity contribution < 1.29 is 4.79 Å². The standard InChI is InChI=1S/C14H15ClN4O/c15-11-2-1-3-13(6-11)19-8-10(7-17-19)14(20)18-5-4-12(16)9-18/h1-3,6-8,12H,4-5,9,16H2/t12-/m1/s1. The number of rotatable bonds is 2. The summed E-state index contributed by atoms with van der Waals surface area (Å²) in [5.41, 5.74) is 7.22. The van der Waals surface area contributed by atoms with Gasteiger partial charge in [0.05, 0.1) is 17.4 Å². The zero-order chi connectivity index (χ0) is 14.1. The van der Waals surface area contributed by atoms with Crippen molar-refractivity contribution in [2.45, 2.75) is 12.5 Å². The highest BCUT2D eigenvalue weighted by Crippen LogP contribution is 2.16. The van der Waals surface area contributed by atoms with E-state index in [1.54, 1.807) is 34.1 Å². The molecule has 0 aliphatic carbocycles. The van der Waals surface area contributed by atoms with E-state index in [4.69, 9.17) is 17.3 Å². The fourth-order valence-electron chi connectivity index (χ4n) is 2.35. The smallest absolute Gasteiger partial charge is 0.257 e. The van der Waals surface area contributed by atoms with Gasteiger partial charge in [-0.05, 0) is 24.6 Å². The van der Waals surface area contributed by atoms with Gasteiger partial charge in [-0.15, -0.1) is 0 Å². The third kappa shape index (κ3) is 2.55.